The number of carbonyl (C=O) groups excluding carboxylic acids is 1. The highest BCUT2D eigenvalue weighted by Gasteiger charge is 2.32. The lowest BCUT2D eigenvalue weighted by Crippen LogP contribution is -2.59. The summed E-state index contributed by atoms with van der Waals surface area (Å²) in [6.07, 6.45) is 3.88. The van der Waals surface area contributed by atoms with Crippen molar-refractivity contribution in [3.63, 3.8) is 0 Å². The molecule has 2 aliphatic rings. The van der Waals surface area contributed by atoms with Crippen molar-refractivity contribution in [2.75, 3.05) is 37.6 Å². The number of carbonyl (C=O) groups is 1. The number of H-pyrrole nitrogens is 1. The third-order valence-electron chi connectivity index (χ3n) is 8.52. The number of pyridine rings is 1. The maximum Gasteiger partial charge on any atom is 0.327 e. The second kappa shape index (κ2) is 11.6. The zero-order chi connectivity index (χ0) is 30.4. The van der Waals surface area contributed by atoms with Crippen LogP contribution in [-0.4, -0.2) is 85.1 Å². The molecule has 44 heavy (non-hydrogen) atoms. The summed E-state index contributed by atoms with van der Waals surface area (Å²) in [6, 6.07) is 11.1. The highest BCUT2D eigenvalue weighted by molar-refractivity contribution is 6.33. The summed E-state index contributed by atoms with van der Waals surface area (Å²) in [4.78, 5) is 46.3. The SMILES string of the molecule is O=C(Cn1cc(-c2ccccc2Cl)c2c(N3CC(NCC(F)F)C3)ncnc21)N1CCC(n2c(=O)[nH]c3ncccc32)CC1. The van der Waals surface area contributed by atoms with Gasteiger partial charge in [-0.15, -0.1) is 0 Å². The van der Waals surface area contributed by atoms with Gasteiger partial charge in [0.05, 0.1) is 17.4 Å². The minimum Gasteiger partial charge on any atom is -0.353 e. The van der Waals surface area contributed by atoms with E-state index in [1.807, 2.05) is 57.0 Å². The zero-order valence-corrected chi connectivity index (χ0v) is 24.4. The summed E-state index contributed by atoms with van der Waals surface area (Å²) in [6.45, 7) is 1.79. The van der Waals surface area contributed by atoms with Crippen LogP contribution < -0.4 is 15.9 Å². The number of aromatic nitrogens is 6. The van der Waals surface area contributed by atoms with Gasteiger partial charge in [0.2, 0.25) is 5.91 Å². The smallest absolute Gasteiger partial charge is 0.327 e. The Hall–Kier alpha value is -4.36. The lowest BCUT2D eigenvalue weighted by molar-refractivity contribution is -0.133. The van der Waals surface area contributed by atoms with Crippen molar-refractivity contribution >= 4 is 45.5 Å². The number of anilines is 1. The normalized spacial score (nSPS) is 16.4. The molecule has 0 spiro atoms. The van der Waals surface area contributed by atoms with Gasteiger partial charge in [-0.25, -0.2) is 28.5 Å². The van der Waals surface area contributed by atoms with Crippen LogP contribution in [0.25, 0.3) is 33.3 Å². The van der Waals surface area contributed by atoms with Crippen LogP contribution in [0.1, 0.15) is 18.9 Å². The third-order valence-corrected chi connectivity index (χ3v) is 8.85. The standard InChI is InChI=1S/C30H30ClF2N9O2/c31-22-5-2-1-4-20(22)21-15-41(29-26(21)28(36-17-37-29)40-13-18(14-40)35-12-24(32)33)16-25(43)39-10-7-19(8-11-39)42-23-6-3-9-34-27(23)38-30(42)44/h1-6,9,15,17-19,24,35H,7-8,10-14,16H2,(H,34,38,44). The first-order valence-corrected chi connectivity index (χ1v) is 14.9. The van der Waals surface area contributed by atoms with Crippen LogP contribution in [0.4, 0.5) is 14.6 Å². The first-order valence-electron chi connectivity index (χ1n) is 14.6. The van der Waals surface area contributed by atoms with Crippen LogP contribution in [0, 0.1) is 0 Å². The van der Waals surface area contributed by atoms with Gasteiger partial charge in [-0.05, 0) is 31.0 Å². The Balaban J connectivity index is 1.13. The molecule has 14 heteroatoms. The van der Waals surface area contributed by atoms with Crippen LogP contribution in [0.5, 0.6) is 0 Å². The second-order valence-electron chi connectivity index (χ2n) is 11.2. The third kappa shape index (κ3) is 5.19. The van der Waals surface area contributed by atoms with Crippen molar-refractivity contribution in [1.82, 2.24) is 39.3 Å². The molecule has 0 radical (unpaired) electrons. The molecule has 5 aromatic rings. The average Bonchev–Trinajstić information content (AvgIpc) is 3.53. The molecule has 0 saturated carbocycles. The molecule has 6 heterocycles. The number of nitrogens with zero attached hydrogens (tertiary/aromatic N) is 7. The van der Waals surface area contributed by atoms with Gasteiger partial charge in [-0.1, -0.05) is 29.8 Å². The Morgan fingerprint density at radius 2 is 1.86 bits per heavy atom. The van der Waals surface area contributed by atoms with E-state index in [9.17, 15) is 18.4 Å². The average molecular weight is 622 g/mol. The van der Waals surface area contributed by atoms with Crippen LogP contribution in [0.2, 0.25) is 5.02 Å². The topological polar surface area (TPSA) is 117 Å². The number of imidazole rings is 1. The maximum atomic E-state index is 13.6. The highest BCUT2D eigenvalue weighted by atomic mass is 35.5. The number of fused-ring (bicyclic) bond motifs is 2. The number of hydrogen-bond acceptors (Lipinski definition) is 7. The van der Waals surface area contributed by atoms with Crippen LogP contribution >= 0.6 is 11.6 Å². The molecule has 11 nitrogen and oxygen atoms in total. The van der Waals surface area contributed by atoms with Gasteiger partial charge in [0.1, 0.15) is 24.3 Å². The van der Waals surface area contributed by atoms with Gasteiger partial charge in [-0.2, -0.15) is 0 Å². The van der Waals surface area contributed by atoms with Crippen LogP contribution in [0.3, 0.4) is 0 Å². The Bertz CT molecular complexity index is 1890. The minimum atomic E-state index is -2.41. The van der Waals surface area contributed by atoms with E-state index in [1.54, 1.807) is 10.8 Å². The predicted molar refractivity (Wildman–Crippen MR) is 163 cm³/mol. The van der Waals surface area contributed by atoms with Crippen molar-refractivity contribution in [3.8, 4) is 11.1 Å². The van der Waals surface area contributed by atoms with E-state index < -0.39 is 6.43 Å². The molecule has 0 atom stereocenters. The minimum absolute atomic E-state index is 0.0328. The molecule has 2 fully saturated rings. The molecule has 1 aromatic carbocycles. The summed E-state index contributed by atoms with van der Waals surface area (Å²) in [5.41, 5.74) is 3.31. The first-order chi connectivity index (χ1) is 21.4. The lowest BCUT2D eigenvalue weighted by atomic mass is 10.0. The fourth-order valence-electron chi connectivity index (χ4n) is 6.33. The summed E-state index contributed by atoms with van der Waals surface area (Å²) < 4.78 is 29.0. The van der Waals surface area contributed by atoms with E-state index in [0.29, 0.717) is 61.2 Å². The molecular formula is C30H30ClF2N9O2. The number of alkyl halides is 2. The van der Waals surface area contributed by atoms with E-state index in [1.165, 1.54) is 6.33 Å². The molecule has 4 aromatic heterocycles. The number of rotatable bonds is 8. The molecule has 1 amide bonds. The molecule has 0 aliphatic carbocycles. The van der Waals surface area contributed by atoms with Gasteiger partial charge in [0.25, 0.3) is 6.43 Å². The van der Waals surface area contributed by atoms with Gasteiger partial charge >= 0.3 is 5.69 Å². The van der Waals surface area contributed by atoms with Crippen molar-refractivity contribution < 1.29 is 13.6 Å². The predicted octanol–water partition coefficient (Wildman–Crippen LogP) is 3.70. The number of piperidine rings is 1. The number of nitrogens with one attached hydrogen (secondary N) is 2. The summed E-state index contributed by atoms with van der Waals surface area (Å²) >= 11 is 6.62. The number of benzene rings is 1. The fourth-order valence-corrected chi connectivity index (χ4v) is 6.57. The Labute approximate surface area is 255 Å². The van der Waals surface area contributed by atoms with E-state index in [0.717, 1.165) is 22.0 Å². The van der Waals surface area contributed by atoms with Gasteiger partial charge in [0.15, 0.2) is 5.65 Å². The van der Waals surface area contributed by atoms with Gasteiger partial charge in [-0.3, -0.25) is 14.3 Å². The molecular weight excluding hydrogens is 592 g/mol. The number of likely N-dealkylation sites (tertiary alicyclic amines) is 1. The quantitative estimate of drug-likeness (QED) is 0.271. The van der Waals surface area contributed by atoms with E-state index >= 15 is 0 Å². The van der Waals surface area contributed by atoms with Crippen LogP contribution in [-0.2, 0) is 11.3 Å². The Morgan fingerprint density at radius 3 is 2.64 bits per heavy atom. The van der Waals surface area contributed by atoms with Gasteiger partial charge in [0, 0.05) is 66.8 Å². The number of halogens is 3. The summed E-state index contributed by atoms with van der Waals surface area (Å²) in [7, 11) is 0. The number of amides is 1. The lowest BCUT2D eigenvalue weighted by Gasteiger charge is -2.41. The Morgan fingerprint density at radius 1 is 1.07 bits per heavy atom. The number of hydrogen-bond donors (Lipinski definition) is 2. The second-order valence-corrected chi connectivity index (χ2v) is 11.6. The monoisotopic (exact) mass is 621 g/mol. The first kappa shape index (κ1) is 28.4. The van der Waals surface area contributed by atoms with Crippen LogP contribution in [0.15, 0.2) is 59.9 Å². The van der Waals surface area contributed by atoms with E-state index in [4.69, 9.17) is 11.6 Å². The molecule has 2 saturated heterocycles. The maximum absolute atomic E-state index is 13.6. The molecule has 2 N–H and O–H groups in total. The zero-order valence-electron chi connectivity index (χ0n) is 23.7. The van der Waals surface area contributed by atoms with Crippen molar-refractivity contribution in [2.45, 2.75) is 37.9 Å². The van der Waals surface area contributed by atoms with E-state index in [-0.39, 0.29) is 36.8 Å². The fraction of sp³-hybridized carbons (Fsp3) is 0.367. The largest absolute Gasteiger partial charge is 0.353 e. The van der Waals surface area contributed by atoms with Gasteiger partial charge < -0.3 is 19.7 Å². The number of aromatic amines is 1. The van der Waals surface area contributed by atoms with Crippen molar-refractivity contribution in [3.05, 3.63) is 70.6 Å². The summed E-state index contributed by atoms with van der Waals surface area (Å²) in [5.74, 6) is 0.616. The summed E-state index contributed by atoms with van der Waals surface area (Å²) in [5, 5.41) is 4.19. The Kier molecular flexibility index (Phi) is 7.50. The highest BCUT2D eigenvalue weighted by Crippen LogP contribution is 2.39. The van der Waals surface area contributed by atoms with Crippen molar-refractivity contribution in [1.29, 1.82) is 0 Å². The van der Waals surface area contributed by atoms with E-state index in [2.05, 4.69) is 25.3 Å². The molecule has 0 unspecified atom stereocenters. The molecule has 7 rings (SSSR count). The molecule has 2 aliphatic heterocycles. The molecule has 228 valence electrons. The van der Waals surface area contributed by atoms with Crippen molar-refractivity contribution in [2.24, 2.45) is 0 Å². The molecule has 0 bridgehead atoms.